The molecule has 46 heavy (non-hydrogen) atoms. The van der Waals surface area contributed by atoms with E-state index in [1.165, 1.54) is 12.1 Å². The third kappa shape index (κ3) is 7.12. The van der Waals surface area contributed by atoms with Crippen LogP contribution in [0, 0.1) is 5.82 Å². The summed E-state index contributed by atoms with van der Waals surface area (Å²) in [6.07, 6.45) is 1.24. The predicted molar refractivity (Wildman–Crippen MR) is 177 cm³/mol. The molecule has 0 bridgehead atoms. The normalized spacial score (nSPS) is 24.3. The standard InChI is InChI=1S/C38H43FN2O5/c1-40-24-41(30-6-3-2-4-7-30)38(34(40)8-5-9-35(44)26-14-17-29(39)18-15-26)33-19-16-28(20-36(33)45)25-10-12-27(13-11-25)37-22-31(43)21-32(23-42)46-37/h2-4,6-7,10-20,31-32,34-35,37-38,42-45H,5,8-9,21-24H2,1H3. The molecule has 4 N–H and O–H groups in total. The number of rotatable bonds is 10. The van der Waals surface area contributed by atoms with Gasteiger partial charge in [0.05, 0.1) is 43.7 Å². The summed E-state index contributed by atoms with van der Waals surface area (Å²) in [6, 6.07) is 30.1. The summed E-state index contributed by atoms with van der Waals surface area (Å²) in [5.41, 5.74) is 5.42. The summed E-state index contributed by atoms with van der Waals surface area (Å²) >= 11 is 0. The maximum absolute atomic E-state index is 13.4. The van der Waals surface area contributed by atoms with E-state index in [0.29, 0.717) is 31.5 Å². The number of aromatic hydroxyl groups is 1. The van der Waals surface area contributed by atoms with Gasteiger partial charge in [0, 0.05) is 30.1 Å². The molecule has 242 valence electrons. The average Bonchev–Trinajstić information content (AvgIpc) is 3.40. The van der Waals surface area contributed by atoms with Crippen LogP contribution in [-0.4, -0.2) is 63.9 Å². The Bertz CT molecular complexity index is 1570. The number of aliphatic hydroxyl groups excluding tert-OH is 3. The summed E-state index contributed by atoms with van der Waals surface area (Å²) in [6.45, 7) is 0.576. The van der Waals surface area contributed by atoms with Gasteiger partial charge in [0.1, 0.15) is 11.6 Å². The fourth-order valence-electron chi connectivity index (χ4n) is 7.05. The van der Waals surface area contributed by atoms with Crippen molar-refractivity contribution in [3.63, 3.8) is 0 Å². The molecule has 2 fully saturated rings. The minimum Gasteiger partial charge on any atom is -0.508 e. The molecule has 0 radical (unpaired) electrons. The van der Waals surface area contributed by atoms with E-state index >= 15 is 0 Å². The van der Waals surface area contributed by atoms with E-state index in [9.17, 15) is 24.8 Å². The molecule has 2 saturated heterocycles. The van der Waals surface area contributed by atoms with E-state index in [1.807, 2.05) is 60.7 Å². The van der Waals surface area contributed by atoms with Crippen LogP contribution >= 0.6 is 0 Å². The maximum Gasteiger partial charge on any atom is 0.123 e. The smallest absolute Gasteiger partial charge is 0.123 e. The molecule has 7 nitrogen and oxygen atoms in total. The summed E-state index contributed by atoms with van der Waals surface area (Å²) in [7, 11) is 2.10. The number of para-hydroxylation sites is 1. The second kappa shape index (κ2) is 14.3. The summed E-state index contributed by atoms with van der Waals surface area (Å²) in [5.74, 6) is -0.0920. The molecule has 0 aliphatic carbocycles. The van der Waals surface area contributed by atoms with Gasteiger partial charge in [0.25, 0.3) is 0 Å². The van der Waals surface area contributed by atoms with Gasteiger partial charge in [-0.25, -0.2) is 4.39 Å². The molecule has 0 aromatic heterocycles. The first kappa shape index (κ1) is 32.2. The summed E-state index contributed by atoms with van der Waals surface area (Å²) < 4.78 is 19.4. The lowest BCUT2D eigenvalue weighted by Crippen LogP contribution is -2.33. The van der Waals surface area contributed by atoms with Crippen molar-refractivity contribution >= 4 is 5.69 Å². The van der Waals surface area contributed by atoms with Crippen molar-refractivity contribution in [3.8, 4) is 16.9 Å². The summed E-state index contributed by atoms with van der Waals surface area (Å²) in [5, 5.41) is 42.0. The zero-order chi connectivity index (χ0) is 32.2. The molecule has 4 aromatic rings. The van der Waals surface area contributed by atoms with E-state index in [-0.39, 0.29) is 42.5 Å². The number of halogens is 1. The molecule has 0 spiro atoms. The molecule has 2 aliphatic heterocycles. The Labute approximate surface area is 270 Å². The van der Waals surface area contributed by atoms with E-state index in [4.69, 9.17) is 4.74 Å². The number of anilines is 1. The lowest BCUT2D eigenvalue weighted by molar-refractivity contribution is -0.113. The van der Waals surface area contributed by atoms with Gasteiger partial charge in [0.15, 0.2) is 0 Å². The zero-order valence-electron chi connectivity index (χ0n) is 26.1. The highest BCUT2D eigenvalue weighted by molar-refractivity contribution is 5.67. The van der Waals surface area contributed by atoms with Gasteiger partial charge in [-0.2, -0.15) is 0 Å². The van der Waals surface area contributed by atoms with Crippen molar-refractivity contribution in [1.29, 1.82) is 0 Å². The molecule has 6 unspecified atom stereocenters. The maximum atomic E-state index is 13.4. The average molecular weight is 627 g/mol. The first-order valence-corrected chi connectivity index (χ1v) is 16.1. The van der Waals surface area contributed by atoms with Crippen LogP contribution in [0.3, 0.4) is 0 Å². The lowest BCUT2D eigenvalue weighted by Gasteiger charge is -2.32. The SMILES string of the molecule is CN1CN(c2ccccc2)C(c2ccc(-c3ccc(C4CC(O)CC(CO)O4)cc3)cc2O)C1CCCC(O)c1ccc(F)cc1. The highest BCUT2D eigenvalue weighted by Gasteiger charge is 2.40. The first-order chi connectivity index (χ1) is 22.3. The molecule has 4 aromatic carbocycles. The van der Waals surface area contributed by atoms with Crippen molar-refractivity contribution < 1.29 is 29.6 Å². The summed E-state index contributed by atoms with van der Waals surface area (Å²) in [4.78, 5) is 4.63. The van der Waals surface area contributed by atoms with Crippen LogP contribution in [0.4, 0.5) is 10.1 Å². The van der Waals surface area contributed by atoms with Gasteiger partial charge < -0.3 is 30.1 Å². The number of benzene rings is 4. The van der Waals surface area contributed by atoms with Crippen LogP contribution in [0.15, 0.2) is 97.1 Å². The fourth-order valence-corrected chi connectivity index (χ4v) is 7.05. The Morgan fingerprint density at radius 3 is 2.33 bits per heavy atom. The van der Waals surface area contributed by atoms with Gasteiger partial charge in [-0.15, -0.1) is 0 Å². The van der Waals surface area contributed by atoms with Crippen molar-refractivity contribution in [1.82, 2.24) is 4.90 Å². The minimum absolute atomic E-state index is 0.0882. The number of likely N-dealkylation sites (N-methyl/N-ethyl adjacent to an activating group) is 1. The van der Waals surface area contributed by atoms with Crippen molar-refractivity contribution in [2.75, 3.05) is 25.2 Å². The Hall–Kier alpha value is -3.79. The van der Waals surface area contributed by atoms with Crippen LogP contribution in [0.2, 0.25) is 0 Å². The monoisotopic (exact) mass is 626 g/mol. The van der Waals surface area contributed by atoms with Gasteiger partial charge in [-0.1, -0.05) is 66.7 Å². The van der Waals surface area contributed by atoms with Crippen molar-refractivity contribution in [3.05, 3.63) is 120 Å². The van der Waals surface area contributed by atoms with Gasteiger partial charge in [-0.3, -0.25) is 4.90 Å². The highest BCUT2D eigenvalue weighted by atomic mass is 19.1. The predicted octanol–water partition coefficient (Wildman–Crippen LogP) is 6.49. The number of phenolic OH excluding ortho intramolecular Hbond substituents is 1. The number of hydrogen-bond acceptors (Lipinski definition) is 7. The molecule has 2 heterocycles. The number of phenols is 1. The van der Waals surface area contributed by atoms with Crippen LogP contribution in [0.5, 0.6) is 5.75 Å². The van der Waals surface area contributed by atoms with E-state index < -0.39 is 12.2 Å². The van der Waals surface area contributed by atoms with Crippen LogP contribution in [0.1, 0.15) is 67.0 Å². The van der Waals surface area contributed by atoms with Gasteiger partial charge in [-0.05, 0) is 78.9 Å². The highest BCUT2D eigenvalue weighted by Crippen LogP contribution is 2.43. The third-order valence-electron chi connectivity index (χ3n) is 9.51. The Kier molecular flexibility index (Phi) is 10.0. The molecule has 2 aliphatic rings. The van der Waals surface area contributed by atoms with E-state index in [2.05, 4.69) is 29.0 Å². The van der Waals surface area contributed by atoms with Gasteiger partial charge >= 0.3 is 0 Å². The van der Waals surface area contributed by atoms with E-state index in [1.54, 1.807) is 12.1 Å². The Balaban J connectivity index is 1.21. The lowest BCUT2D eigenvalue weighted by atomic mass is 9.91. The van der Waals surface area contributed by atoms with Crippen molar-refractivity contribution in [2.24, 2.45) is 0 Å². The Morgan fingerprint density at radius 1 is 0.913 bits per heavy atom. The van der Waals surface area contributed by atoms with Crippen LogP contribution in [0.25, 0.3) is 11.1 Å². The van der Waals surface area contributed by atoms with Crippen molar-refractivity contribution in [2.45, 2.75) is 68.6 Å². The van der Waals surface area contributed by atoms with Gasteiger partial charge in [0.2, 0.25) is 0 Å². The zero-order valence-corrected chi connectivity index (χ0v) is 26.1. The fraction of sp³-hybridized carbons (Fsp3) is 0.368. The first-order valence-electron chi connectivity index (χ1n) is 16.1. The molecule has 0 amide bonds. The molecule has 8 heteroatoms. The van der Waals surface area contributed by atoms with Crippen LogP contribution < -0.4 is 4.90 Å². The molecular formula is C38H43FN2O5. The number of nitrogens with zero attached hydrogens (tertiary/aromatic N) is 2. The number of aliphatic hydroxyl groups is 3. The quantitative estimate of drug-likeness (QED) is 0.160. The minimum atomic E-state index is -0.666. The Morgan fingerprint density at radius 2 is 1.63 bits per heavy atom. The molecule has 6 rings (SSSR count). The number of hydrogen-bond donors (Lipinski definition) is 4. The van der Waals surface area contributed by atoms with Crippen LogP contribution in [-0.2, 0) is 4.74 Å². The number of ether oxygens (including phenoxy) is 1. The third-order valence-corrected chi connectivity index (χ3v) is 9.51. The van der Waals surface area contributed by atoms with E-state index in [0.717, 1.165) is 40.8 Å². The topological polar surface area (TPSA) is 96.6 Å². The second-order valence-electron chi connectivity index (χ2n) is 12.7. The largest absolute Gasteiger partial charge is 0.508 e. The molecular weight excluding hydrogens is 583 g/mol. The molecule has 0 saturated carbocycles. The second-order valence-corrected chi connectivity index (χ2v) is 12.7. The molecule has 6 atom stereocenters.